The average molecular weight is 447 g/mol. The van der Waals surface area contributed by atoms with Crippen molar-refractivity contribution in [2.24, 2.45) is 5.92 Å². The predicted octanol–water partition coefficient (Wildman–Crippen LogP) is 6.66. The average Bonchev–Trinajstić information content (AvgIpc) is 3.51. The molecule has 170 valence electrons. The minimum Gasteiger partial charge on any atom is -0.486 e. The van der Waals surface area contributed by atoms with E-state index < -0.39 is 0 Å². The molecule has 1 saturated carbocycles. The highest BCUT2D eigenvalue weighted by molar-refractivity contribution is 5.77. The van der Waals surface area contributed by atoms with E-state index in [0.717, 1.165) is 28.9 Å². The number of ether oxygens (including phenoxy) is 3. The number of esters is 1. The summed E-state index contributed by atoms with van der Waals surface area (Å²) in [5.41, 5.74) is 3.71. The first kappa shape index (κ1) is 21.5. The zero-order chi connectivity index (χ0) is 22.9. The van der Waals surface area contributed by atoms with Crippen molar-refractivity contribution >= 4 is 5.97 Å². The summed E-state index contributed by atoms with van der Waals surface area (Å²) in [7, 11) is 0. The molecule has 3 atom stereocenters. The van der Waals surface area contributed by atoms with E-state index in [0.29, 0.717) is 36.5 Å². The number of aryl methyl sites for hydroxylation is 1. The number of hydrogen-bond donors (Lipinski definition) is 0. The maximum absolute atomic E-state index is 14.8. The van der Waals surface area contributed by atoms with Gasteiger partial charge < -0.3 is 14.2 Å². The van der Waals surface area contributed by atoms with E-state index in [1.165, 1.54) is 6.07 Å². The third-order valence-electron chi connectivity index (χ3n) is 6.45. The van der Waals surface area contributed by atoms with Crippen LogP contribution >= 0.6 is 0 Å². The van der Waals surface area contributed by atoms with Gasteiger partial charge in [-0.05, 0) is 81.0 Å². The monoisotopic (exact) mass is 446 g/mol. The Morgan fingerprint density at radius 3 is 2.45 bits per heavy atom. The number of rotatable bonds is 7. The Morgan fingerprint density at radius 1 is 1.00 bits per heavy atom. The lowest BCUT2D eigenvalue weighted by molar-refractivity contribution is -0.144. The molecule has 3 aromatic carbocycles. The Morgan fingerprint density at radius 2 is 1.73 bits per heavy atom. The van der Waals surface area contributed by atoms with Crippen molar-refractivity contribution in [2.75, 3.05) is 6.61 Å². The van der Waals surface area contributed by atoms with Gasteiger partial charge in [-0.2, -0.15) is 0 Å². The number of halogens is 1. The quantitative estimate of drug-likeness (QED) is 0.381. The third kappa shape index (κ3) is 4.45. The molecule has 0 bridgehead atoms. The molecule has 5 heteroatoms. The van der Waals surface area contributed by atoms with E-state index in [9.17, 15) is 9.18 Å². The van der Waals surface area contributed by atoms with Crippen molar-refractivity contribution < 1.29 is 23.4 Å². The van der Waals surface area contributed by atoms with Crippen LogP contribution in [0.2, 0.25) is 0 Å². The molecule has 0 amide bonds. The standard InChI is InChI=1S/C28H27FO4/c1-3-31-28(30)23-16-22(23)18-6-10-20(11-7-18)33-26-14-12-21-25(15-13-24(29)27(21)26)32-19-8-4-17(2)5-9-19/h4-11,13,15,22-23,26H,3,12,14,16H2,1-2H3/t22-,23+,26-/m1/s1. The smallest absolute Gasteiger partial charge is 0.309 e. The van der Waals surface area contributed by atoms with Gasteiger partial charge in [0.15, 0.2) is 0 Å². The Kier molecular flexibility index (Phi) is 5.79. The van der Waals surface area contributed by atoms with Crippen molar-refractivity contribution in [3.05, 3.63) is 88.7 Å². The van der Waals surface area contributed by atoms with Crippen LogP contribution in [0.4, 0.5) is 4.39 Å². The van der Waals surface area contributed by atoms with E-state index in [-0.39, 0.29) is 29.7 Å². The zero-order valence-electron chi connectivity index (χ0n) is 18.8. The Hall–Kier alpha value is -3.34. The summed E-state index contributed by atoms with van der Waals surface area (Å²) >= 11 is 0. The third-order valence-corrected chi connectivity index (χ3v) is 6.45. The molecule has 0 saturated heterocycles. The van der Waals surface area contributed by atoms with Gasteiger partial charge in [0.2, 0.25) is 0 Å². The molecule has 1 fully saturated rings. The van der Waals surface area contributed by atoms with Crippen molar-refractivity contribution in [1.29, 1.82) is 0 Å². The second kappa shape index (κ2) is 8.89. The van der Waals surface area contributed by atoms with Gasteiger partial charge in [0.1, 0.15) is 29.2 Å². The van der Waals surface area contributed by atoms with Crippen LogP contribution in [0.1, 0.15) is 54.0 Å². The van der Waals surface area contributed by atoms with Gasteiger partial charge in [-0.25, -0.2) is 4.39 Å². The summed E-state index contributed by atoms with van der Waals surface area (Å²) in [4.78, 5) is 11.9. The molecular formula is C28H27FO4. The van der Waals surface area contributed by atoms with E-state index in [1.54, 1.807) is 6.07 Å². The summed E-state index contributed by atoms with van der Waals surface area (Å²) in [6.45, 7) is 4.26. The largest absolute Gasteiger partial charge is 0.486 e. The maximum Gasteiger partial charge on any atom is 0.309 e. The van der Waals surface area contributed by atoms with E-state index in [2.05, 4.69) is 0 Å². The Balaban J connectivity index is 1.29. The number of hydrogen-bond acceptors (Lipinski definition) is 4. The van der Waals surface area contributed by atoms with Gasteiger partial charge in [0, 0.05) is 11.1 Å². The Bertz CT molecular complexity index is 1150. The molecule has 0 radical (unpaired) electrons. The zero-order valence-corrected chi connectivity index (χ0v) is 18.8. The van der Waals surface area contributed by atoms with Crippen molar-refractivity contribution in [2.45, 2.75) is 45.1 Å². The number of carbonyl (C=O) groups excluding carboxylic acids is 1. The summed E-state index contributed by atoms with van der Waals surface area (Å²) in [6.07, 6.45) is 1.85. The minimum absolute atomic E-state index is 0.0422. The molecule has 0 unspecified atom stereocenters. The lowest BCUT2D eigenvalue weighted by Gasteiger charge is -2.17. The molecule has 0 aromatic heterocycles. The van der Waals surface area contributed by atoms with Crippen molar-refractivity contribution in [3.8, 4) is 17.2 Å². The molecule has 3 aromatic rings. The molecule has 0 spiro atoms. The highest BCUT2D eigenvalue weighted by Gasteiger charge is 2.45. The molecule has 5 rings (SSSR count). The lowest BCUT2D eigenvalue weighted by atomic mass is 10.1. The number of benzene rings is 3. The van der Waals surface area contributed by atoms with Crippen LogP contribution in [0.25, 0.3) is 0 Å². The van der Waals surface area contributed by atoms with Crippen LogP contribution in [0, 0.1) is 18.7 Å². The summed E-state index contributed by atoms with van der Waals surface area (Å²) in [5.74, 6) is 1.88. The molecule has 2 aliphatic carbocycles. The van der Waals surface area contributed by atoms with Crippen LogP contribution in [-0.4, -0.2) is 12.6 Å². The predicted molar refractivity (Wildman–Crippen MR) is 123 cm³/mol. The fourth-order valence-corrected chi connectivity index (χ4v) is 4.62. The van der Waals surface area contributed by atoms with Crippen molar-refractivity contribution in [3.63, 3.8) is 0 Å². The molecule has 0 heterocycles. The first-order chi connectivity index (χ1) is 16.0. The van der Waals surface area contributed by atoms with Gasteiger partial charge in [-0.3, -0.25) is 4.79 Å². The number of carbonyl (C=O) groups is 1. The molecule has 2 aliphatic rings. The van der Waals surface area contributed by atoms with Crippen LogP contribution in [-0.2, 0) is 16.0 Å². The van der Waals surface area contributed by atoms with Gasteiger partial charge in [-0.1, -0.05) is 29.8 Å². The highest BCUT2D eigenvalue weighted by Crippen LogP contribution is 2.49. The van der Waals surface area contributed by atoms with Crippen LogP contribution in [0.5, 0.6) is 17.2 Å². The summed E-state index contributed by atoms with van der Waals surface area (Å²) < 4.78 is 32.2. The van der Waals surface area contributed by atoms with Crippen LogP contribution in [0.15, 0.2) is 60.7 Å². The van der Waals surface area contributed by atoms with E-state index in [4.69, 9.17) is 14.2 Å². The van der Waals surface area contributed by atoms with E-state index >= 15 is 0 Å². The molecule has 0 aliphatic heterocycles. The second-order valence-corrected chi connectivity index (χ2v) is 8.77. The summed E-state index contributed by atoms with van der Waals surface area (Å²) in [6, 6.07) is 18.7. The van der Waals surface area contributed by atoms with Gasteiger partial charge in [-0.15, -0.1) is 0 Å². The molecule has 0 N–H and O–H groups in total. The van der Waals surface area contributed by atoms with E-state index in [1.807, 2.05) is 62.4 Å². The fourth-order valence-electron chi connectivity index (χ4n) is 4.62. The Labute approximate surface area is 193 Å². The minimum atomic E-state index is -0.361. The maximum atomic E-state index is 14.8. The van der Waals surface area contributed by atoms with Crippen LogP contribution in [0.3, 0.4) is 0 Å². The first-order valence-electron chi connectivity index (χ1n) is 11.5. The molecule has 4 nitrogen and oxygen atoms in total. The second-order valence-electron chi connectivity index (χ2n) is 8.77. The van der Waals surface area contributed by atoms with Gasteiger partial charge >= 0.3 is 5.97 Å². The van der Waals surface area contributed by atoms with Gasteiger partial charge in [0.25, 0.3) is 0 Å². The van der Waals surface area contributed by atoms with Gasteiger partial charge in [0.05, 0.1) is 12.5 Å². The molecule has 33 heavy (non-hydrogen) atoms. The fraction of sp³-hybridized carbons (Fsp3) is 0.321. The van der Waals surface area contributed by atoms with Crippen molar-refractivity contribution in [1.82, 2.24) is 0 Å². The number of fused-ring (bicyclic) bond motifs is 1. The SMILES string of the molecule is CCOC(=O)[C@H]1C[C@@H]1c1ccc(O[C@@H]2CCc3c(Oc4ccc(C)cc4)ccc(F)c32)cc1. The lowest BCUT2D eigenvalue weighted by Crippen LogP contribution is -2.07. The molecular weight excluding hydrogens is 419 g/mol. The summed E-state index contributed by atoms with van der Waals surface area (Å²) in [5, 5.41) is 0. The highest BCUT2D eigenvalue weighted by atomic mass is 19.1. The normalized spacial score (nSPS) is 20.8. The van der Waals surface area contributed by atoms with Crippen LogP contribution < -0.4 is 9.47 Å². The topological polar surface area (TPSA) is 44.8 Å². The first-order valence-corrected chi connectivity index (χ1v) is 11.5.